The van der Waals surface area contributed by atoms with Crippen LogP contribution in [-0.4, -0.2) is 42.1 Å². The second-order valence-electron chi connectivity index (χ2n) is 4.62. The number of carbonyl (C=O) groups excluding carboxylic acids is 1. The first-order valence-corrected chi connectivity index (χ1v) is 5.75. The smallest absolute Gasteiger partial charge is 0.316 e. The van der Waals surface area contributed by atoms with Crippen LogP contribution in [0.2, 0.25) is 0 Å². The maximum absolute atomic E-state index is 11.8. The van der Waals surface area contributed by atoms with Crippen molar-refractivity contribution in [3.8, 4) is 0 Å². The third-order valence-electron chi connectivity index (χ3n) is 2.96. The predicted molar refractivity (Wildman–Crippen MR) is 61.1 cm³/mol. The maximum Gasteiger partial charge on any atom is 0.316 e. The van der Waals surface area contributed by atoms with Crippen molar-refractivity contribution in [2.75, 3.05) is 19.8 Å². The van der Waals surface area contributed by atoms with Gasteiger partial charge in [-0.2, -0.15) is 0 Å². The summed E-state index contributed by atoms with van der Waals surface area (Å²) in [5.74, 6) is 0.135. The van der Waals surface area contributed by atoms with Crippen LogP contribution in [0.5, 0.6) is 0 Å². The van der Waals surface area contributed by atoms with Gasteiger partial charge >= 0.3 is 5.97 Å². The summed E-state index contributed by atoms with van der Waals surface area (Å²) >= 11 is 0. The summed E-state index contributed by atoms with van der Waals surface area (Å²) in [5.41, 5.74) is -1.23. The molecule has 1 aliphatic heterocycles. The molecule has 2 N–H and O–H groups in total. The Morgan fingerprint density at radius 3 is 2.76 bits per heavy atom. The van der Waals surface area contributed by atoms with E-state index in [1.54, 1.807) is 0 Å². The van der Waals surface area contributed by atoms with E-state index in [1.165, 1.54) is 6.92 Å². The summed E-state index contributed by atoms with van der Waals surface area (Å²) in [7, 11) is 0. The minimum atomic E-state index is -1.23. The van der Waals surface area contributed by atoms with Crippen LogP contribution in [0.1, 0.15) is 26.2 Å². The number of esters is 1. The standard InChI is InChI=1S/C12H20O5/c1-9-3-4-10(5-6-16-9)17-11(15)12(2,7-13)8-14/h10,13-14H,1,3-8H2,2H3. The molecule has 0 amide bonds. The van der Waals surface area contributed by atoms with E-state index in [2.05, 4.69) is 6.58 Å². The van der Waals surface area contributed by atoms with Crippen LogP contribution in [0.15, 0.2) is 12.3 Å². The molecule has 0 aromatic heterocycles. The van der Waals surface area contributed by atoms with Gasteiger partial charge in [0.05, 0.1) is 25.6 Å². The van der Waals surface area contributed by atoms with Gasteiger partial charge in [0.2, 0.25) is 0 Å². The fourth-order valence-electron chi connectivity index (χ4n) is 1.46. The van der Waals surface area contributed by atoms with Gasteiger partial charge in [-0.15, -0.1) is 0 Å². The van der Waals surface area contributed by atoms with Crippen molar-refractivity contribution in [2.24, 2.45) is 5.41 Å². The molecule has 1 aliphatic rings. The number of ether oxygens (including phenoxy) is 2. The minimum absolute atomic E-state index is 0.237. The van der Waals surface area contributed by atoms with Gasteiger partial charge in [-0.1, -0.05) is 6.58 Å². The van der Waals surface area contributed by atoms with Crippen molar-refractivity contribution >= 4 is 5.97 Å². The molecular weight excluding hydrogens is 224 g/mol. The summed E-state index contributed by atoms with van der Waals surface area (Å²) in [5, 5.41) is 18.2. The van der Waals surface area contributed by atoms with E-state index in [0.29, 0.717) is 31.6 Å². The van der Waals surface area contributed by atoms with Crippen LogP contribution in [0.25, 0.3) is 0 Å². The number of rotatable bonds is 4. The lowest BCUT2D eigenvalue weighted by molar-refractivity contribution is -0.166. The van der Waals surface area contributed by atoms with Gasteiger partial charge in [-0.25, -0.2) is 0 Å². The third-order valence-corrected chi connectivity index (χ3v) is 2.96. The lowest BCUT2D eigenvalue weighted by Gasteiger charge is -2.25. The topological polar surface area (TPSA) is 76.0 Å². The second-order valence-corrected chi connectivity index (χ2v) is 4.62. The Kier molecular flexibility index (Phi) is 4.96. The van der Waals surface area contributed by atoms with Crippen LogP contribution in [-0.2, 0) is 14.3 Å². The van der Waals surface area contributed by atoms with Crippen molar-refractivity contribution < 1.29 is 24.5 Å². The predicted octanol–water partition coefficient (Wildman–Crippen LogP) is 0.603. The first-order chi connectivity index (χ1) is 8.01. The molecule has 1 saturated heterocycles. The Hall–Kier alpha value is -1.07. The van der Waals surface area contributed by atoms with Crippen LogP contribution in [0.3, 0.4) is 0 Å². The van der Waals surface area contributed by atoms with E-state index in [0.717, 1.165) is 0 Å². The minimum Gasteiger partial charge on any atom is -0.498 e. The Morgan fingerprint density at radius 2 is 2.18 bits per heavy atom. The summed E-state index contributed by atoms with van der Waals surface area (Å²) in [6, 6.07) is 0. The maximum atomic E-state index is 11.8. The molecule has 0 bridgehead atoms. The van der Waals surface area contributed by atoms with Gasteiger partial charge in [0.15, 0.2) is 0 Å². The Morgan fingerprint density at radius 1 is 1.53 bits per heavy atom. The first kappa shape index (κ1) is 14.0. The molecule has 1 rings (SSSR count). The highest BCUT2D eigenvalue weighted by atomic mass is 16.6. The third kappa shape index (κ3) is 3.71. The van der Waals surface area contributed by atoms with Gasteiger partial charge in [0, 0.05) is 12.8 Å². The van der Waals surface area contributed by atoms with Crippen molar-refractivity contribution in [1.82, 2.24) is 0 Å². The molecule has 1 heterocycles. The van der Waals surface area contributed by atoms with Crippen molar-refractivity contribution in [3.05, 3.63) is 12.3 Å². The van der Waals surface area contributed by atoms with Crippen LogP contribution < -0.4 is 0 Å². The second kappa shape index (κ2) is 6.02. The summed E-state index contributed by atoms with van der Waals surface area (Å²) in [6.45, 7) is 4.81. The van der Waals surface area contributed by atoms with Crippen molar-refractivity contribution in [2.45, 2.75) is 32.3 Å². The van der Waals surface area contributed by atoms with Crippen LogP contribution >= 0.6 is 0 Å². The van der Waals surface area contributed by atoms with Gasteiger partial charge in [0.25, 0.3) is 0 Å². The highest BCUT2D eigenvalue weighted by Crippen LogP contribution is 2.23. The molecule has 1 fully saturated rings. The largest absolute Gasteiger partial charge is 0.498 e. The fourth-order valence-corrected chi connectivity index (χ4v) is 1.46. The van der Waals surface area contributed by atoms with E-state index < -0.39 is 24.6 Å². The first-order valence-electron chi connectivity index (χ1n) is 5.75. The van der Waals surface area contributed by atoms with Crippen molar-refractivity contribution in [3.63, 3.8) is 0 Å². The SMILES string of the molecule is C=C1CCC(OC(=O)C(C)(CO)CO)CCO1. The lowest BCUT2D eigenvalue weighted by atomic mass is 9.93. The van der Waals surface area contributed by atoms with E-state index >= 15 is 0 Å². The van der Waals surface area contributed by atoms with Gasteiger partial charge in [-0.3, -0.25) is 4.79 Å². The average molecular weight is 244 g/mol. The number of carbonyl (C=O) groups is 1. The molecule has 17 heavy (non-hydrogen) atoms. The van der Waals surface area contributed by atoms with E-state index in [-0.39, 0.29) is 6.10 Å². The molecule has 1 atom stereocenters. The normalized spacial score (nSPS) is 21.6. The number of hydrogen-bond donors (Lipinski definition) is 2. The zero-order valence-electron chi connectivity index (χ0n) is 10.1. The van der Waals surface area contributed by atoms with Gasteiger partial charge in [-0.05, 0) is 13.3 Å². The molecule has 0 aromatic rings. The number of allylic oxidation sites excluding steroid dienone is 1. The quantitative estimate of drug-likeness (QED) is 0.708. The number of aliphatic hydroxyl groups excluding tert-OH is 2. The Balaban J connectivity index is 2.53. The summed E-state index contributed by atoms with van der Waals surface area (Å²) < 4.78 is 10.6. The van der Waals surface area contributed by atoms with E-state index in [1.807, 2.05) is 0 Å². The Labute approximate surface area is 101 Å². The van der Waals surface area contributed by atoms with Gasteiger partial charge in [0.1, 0.15) is 11.5 Å². The molecule has 5 heteroatoms. The number of hydrogen-bond acceptors (Lipinski definition) is 5. The zero-order valence-corrected chi connectivity index (χ0v) is 10.1. The molecule has 98 valence electrons. The van der Waals surface area contributed by atoms with Gasteiger partial charge < -0.3 is 19.7 Å². The molecule has 0 aromatic carbocycles. The van der Waals surface area contributed by atoms with Crippen LogP contribution in [0.4, 0.5) is 0 Å². The number of aliphatic hydroxyl groups is 2. The summed E-state index contributed by atoms with van der Waals surface area (Å²) in [6.07, 6.45) is 1.70. The molecule has 1 unspecified atom stereocenters. The molecule has 5 nitrogen and oxygen atoms in total. The van der Waals surface area contributed by atoms with E-state index in [4.69, 9.17) is 19.7 Å². The molecule has 0 radical (unpaired) electrons. The highest BCUT2D eigenvalue weighted by molar-refractivity contribution is 5.76. The van der Waals surface area contributed by atoms with Crippen LogP contribution in [0, 0.1) is 5.41 Å². The zero-order chi connectivity index (χ0) is 12.9. The molecule has 0 saturated carbocycles. The van der Waals surface area contributed by atoms with Crippen molar-refractivity contribution in [1.29, 1.82) is 0 Å². The lowest BCUT2D eigenvalue weighted by Crippen LogP contribution is -2.39. The molecular formula is C12H20O5. The Bertz CT molecular complexity index is 283. The fraction of sp³-hybridized carbons (Fsp3) is 0.750. The monoisotopic (exact) mass is 244 g/mol. The highest BCUT2D eigenvalue weighted by Gasteiger charge is 2.35. The average Bonchev–Trinajstić information content (AvgIpc) is 2.53. The molecule has 0 aliphatic carbocycles. The molecule has 0 spiro atoms. The van der Waals surface area contributed by atoms with E-state index in [9.17, 15) is 4.79 Å². The summed E-state index contributed by atoms with van der Waals surface area (Å²) in [4.78, 5) is 11.8.